The number of thioether (sulfide) groups is 1. The molecule has 5 nitrogen and oxygen atoms in total. The van der Waals surface area contributed by atoms with Crippen molar-refractivity contribution in [1.82, 2.24) is 24.4 Å². The Morgan fingerprint density at radius 3 is 2.78 bits per heavy atom. The highest BCUT2D eigenvalue weighted by atomic mass is 32.2. The Labute approximate surface area is 141 Å². The zero-order valence-corrected chi connectivity index (χ0v) is 14.1. The van der Waals surface area contributed by atoms with Crippen LogP contribution in [0.25, 0.3) is 10.7 Å². The summed E-state index contributed by atoms with van der Waals surface area (Å²) in [7, 11) is 0. The van der Waals surface area contributed by atoms with Crippen LogP contribution >= 0.6 is 23.3 Å². The molecule has 3 aromatic rings. The van der Waals surface area contributed by atoms with Gasteiger partial charge in [-0.25, -0.2) is 4.39 Å². The Hall–Kier alpha value is -1.80. The Morgan fingerprint density at radius 2 is 2.09 bits per heavy atom. The molecule has 1 aliphatic rings. The normalized spacial score (nSPS) is 14.3. The molecule has 4 rings (SSSR count). The van der Waals surface area contributed by atoms with Crippen LogP contribution in [0.3, 0.4) is 0 Å². The lowest BCUT2D eigenvalue weighted by atomic mass is 10.2. The molecule has 0 saturated heterocycles. The highest BCUT2D eigenvalue weighted by molar-refractivity contribution is 7.98. The summed E-state index contributed by atoms with van der Waals surface area (Å²) in [5.74, 6) is 1.19. The third-order valence-electron chi connectivity index (χ3n) is 3.75. The minimum atomic E-state index is -0.180. The van der Waals surface area contributed by atoms with Gasteiger partial charge in [0, 0.05) is 11.8 Å². The predicted molar refractivity (Wildman–Crippen MR) is 87.9 cm³/mol. The van der Waals surface area contributed by atoms with Crippen molar-refractivity contribution in [1.29, 1.82) is 0 Å². The number of nitrogens with zero attached hydrogens (tertiary/aromatic N) is 5. The standard InChI is InChI=1S/C15H14FN5S2/c1-9-13(23-20-17-9)14-18-19-15(21(14)11-6-7-11)22-8-10-4-2-3-5-12(10)16/h2-5,11H,6-8H2,1H3. The van der Waals surface area contributed by atoms with E-state index in [9.17, 15) is 4.39 Å². The number of rotatable bonds is 5. The molecule has 23 heavy (non-hydrogen) atoms. The van der Waals surface area contributed by atoms with Crippen LogP contribution in [-0.2, 0) is 5.75 Å². The smallest absolute Gasteiger partial charge is 0.192 e. The SMILES string of the molecule is Cc1nnsc1-c1nnc(SCc2ccccc2F)n1C1CC1. The van der Waals surface area contributed by atoms with E-state index in [2.05, 4.69) is 24.4 Å². The third kappa shape index (κ3) is 2.88. The Balaban J connectivity index is 1.63. The zero-order chi connectivity index (χ0) is 15.8. The maximum absolute atomic E-state index is 13.8. The van der Waals surface area contributed by atoms with E-state index >= 15 is 0 Å². The summed E-state index contributed by atoms with van der Waals surface area (Å²) in [4.78, 5) is 0.960. The largest absolute Gasteiger partial charge is 0.298 e. The van der Waals surface area contributed by atoms with Gasteiger partial charge in [0.1, 0.15) is 10.7 Å². The fourth-order valence-electron chi connectivity index (χ4n) is 2.39. The van der Waals surface area contributed by atoms with E-state index in [4.69, 9.17) is 0 Å². The van der Waals surface area contributed by atoms with E-state index in [-0.39, 0.29) is 5.82 Å². The number of halogens is 1. The molecule has 0 amide bonds. The maximum Gasteiger partial charge on any atom is 0.192 e. The maximum atomic E-state index is 13.8. The van der Waals surface area contributed by atoms with Gasteiger partial charge >= 0.3 is 0 Å². The molecule has 8 heteroatoms. The first kappa shape index (κ1) is 14.8. The summed E-state index contributed by atoms with van der Waals surface area (Å²) in [5, 5.41) is 13.6. The minimum absolute atomic E-state index is 0.180. The molecule has 0 spiro atoms. The lowest BCUT2D eigenvalue weighted by Gasteiger charge is -2.08. The van der Waals surface area contributed by atoms with Gasteiger partial charge < -0.3 is 0 Å². The molecule has 0 bridgehead atoms. The molecular formula is C15H14FN5S2. The molecule has 118 valence electrons. The van der Waals surface area contributed by atoms with Crippen molar-refractivity contribution < 1.29 is 4.39 Å². The van der Waals surface area contributed by atoms with Crippen LogP contribution in [0.2, 0.25) is 0 Å². The average molecular weight is 347 g/mol. The fourth-order valence-corrected chi connectivity index (χ4v) is 4.02. The Morgan fingerprint density at radius 1 is 1.26 bits per heavy atom. The van der Waals surface area contributed by atoms with Crippen LogP contribution in [0, 0.1) is 12.7 Å². The molecule has 1 aromatic carbocycles. The summed E-state index contributed by atoms with van der Waals surface area (Å²) >= 11 is 2.86. The summed E-state index contributed by atoms with van der Waals surface area (Å²) in [6, 6.07) is 7.28. The second kappa shape index (κ2) is 6.01. The summed E-state index contributed by atoms with van der Waals surface area (Å²) in [6.45, 7) is 1.93. The molecule has 1 saturated carbocycles. The van der Waals surface area contributed by atoms with Gasteiger partial charge in [-0.15, -0.1) is 15.3 Å². The first-order valence-corrected chi connectivity index (χ1v) is 9.10. The number of aromatic nitrogens is 5. The van der Waals surface area contributed by atoms with Crippen molar-refractivity contribution >= 4 is 23.3 Å². The summed E-state index contributed by atoms with van der Waals surface area (Å²) < 4.78 is 19.9. The summed E-state index contributed by atoms with van der Waals surface area (Å²) in [6.07, 6.45) is 2.26. The van der Waals surface area contributed by atoms with Gasteiger partial charge in [-0.1, -0.05) is 34.4 Å². The third-order valence-corrected chi connectivity index (χ3v) is 5.56. The van der Waals surface area contributed by atoms with Crippen molar-refractivity contribution in [3.05, 3.63) is 41.3 Å². The molecule has 1 fully saturated rings. The highest BCUT2D eigenvalue weighted by Gasteiger charge is 2.31. The number of hydrogen-bond donors (Lipinski definition) is 0. The molecule has 2 heterocycles. The quantitative estimate of drug-likeness (QED) is 0.656. The van der Waals surface area contributed by atoms with Crippen LogP contribution < -0.4 is 0 Å². The lowest BCUT2D eigenvalue weighted by molar-refractivity contribution is 0.617. The van der Waals surface area contributed by atoms with Crippen LogP contribution in [-0.4, -0.2) is 24.4 Å². The molecule has 0 aliphatic heterocycles. The molecule has 0 atom stereocenters. The first-order valence-electron chi connectivity index (χ1n) is 7.34. The van der Waals surface area contributed by atoms with Crippen molar-refractivity contribution in [2.45, 2.75) is 36.7 Å². The molecule has 0 unspecified atom stereocenters. The van der Waals surface area contributed by atoms with E-state index in [1.54, 1.807) is 12.1 Å². The Bertz CT molecular complexity index is 840. The van der Waals surface area contributed by atoms with Gasteiger partial charge in [0.05, 0.1) is 5.69 Å². The van der Waals surface area contributed by atoms with Gasteiger partial charge in [-0.3, -0.25) is 4.57 Å². The molecule has 1 aliphatic carbocycles. The monoisotopic (exact) mass is 347 g/mol. The second-order valence-corrected chi connectivity index (χ2v) is 7.17. The fraction of sp³-hybridized carbons (Fsp3) is 0.333. The highest BCUT2D eigenvalue weighted by Crippen LogP contribution is 2.42. The van der Waals surface area contributed by atoms with Crippen molar-refractivity contribution in [2.24, 2.45) is 0 Å². The van der Waals surface area contributed by atoms with Crippen LogP contribution in [0.5, 0.6) is 0 Å². The van der Waals surface area contributed by atoms with Crippen LogP contribution in [0.4, 0.5) is 4.39 Å². The van der Waals surface area contributed by atoms with Crippen molar-refractivity contribution in [2.75, 3.05) is 0 Å². The van der Waals surface area contributed by atoms with E-state index in [0.29, 0.717) is 17.4 Å². The van der Waals surface area contributed by atoms with E-state index in [1.807, 2.05) is 13.0 Å². The van der Waals surface area contributed by atoms with Gasteiger partial charge in [-0.2, -0.15) is 0 Å². The van der Waals surface area contributed by atoms with Gasteiger partial charge in [-0.05, 0) is 42.9 Å². The van der Waals surface area contributed by atoms with Gasteiger partial charge in [0.25, 0.3) is 0 Å². The topological polar surface area (TPSA) is 56.5 Å². The first-order chi connectivity index (χ1) is 11.2. The van der Waals surface area contributed by atoms with E-state index in [1.165, 1.54) is 29.4 Å². The van der Waals surface area contributed by atoms with Crippen molar-refractivity contribution in [3.63, 3.8) is 0 Å². The molecule has 0 radical (unpaired) electrons. The molecule has 2 aromatic heterocycles. The van der Waals surface area contributed by atoms with Crippen LogP contribution in [0.15, 0.2) is 29.4 Å². The number of hydrogen-bond acceptors (Lipinski definition) is 6. The zero-order valence-electron chi connectivity index (χ0n) is 12.4. The summed E-state index contributed by atoms with van der Waals surface area (Å²) in [5.41, 5.74) is 1.55. The van der Waals surface area contributed by atoms with Crippen LogP contribution in [0.1, 0.15) is 30.1 Å². The molecular weight excluding hydrogens is 333 g/mol. The van der Waals surface area contributed by atoms with Gasteiger partial charge in [0.15, 0.2) is 11.0 Å². The second-order valence-electron chi connectivity index (χ2n) is 5.47. The predicted octanol–water partition coefficient (Wildman–Crippen LogP) is 3.87. The molecule has 0 N–H and O–H groups in total. The number of benzene rings is 1. The minimum Gasteiger partial charge on any atom is -0.298 e. The van der Waals surface area contributed by atoms with E-state index in [0.717, 1.165) is 34.4 Å². The van der Waals surface area contributed by atoms with Crippen molar-refractivity contribution in [3.8, 4) is 10.7 Å². The van der Waals surface area contributed by atoms with Gasteiger partial charge in [0.2, 0.25) is 0 Å². The number of aryl methyl sites for hydroxylation is 1. The Kier molecular flexibility index (Phi) is 3.86. The lowest BCUT2D eigenvalue weighted by Crippen LogP contribution is -2.00. The average Bonchev–Trinajstić information content (AvgIpc) is 3.17. The van der Waals surface area contributed by atoms with E-state index < -0.39 is 0 Å².